The molecular formula is C43H65N5O14S. The van der Waals surface area contributed by atoms with E-state index in [0.29, 0.717) is 37.4 Å². The van der Waals surface area contributed by atoms with Crippen LogP contribution in [0.3, 0.4) is 0 Å². The summed E-state index contributed by atoms with van der Waals surface area (Å²) in [4.78, 5) is 49.1. The molecule has 0 bridgehead atoms. The number of carbonyl (C=O) groups excluding carboxylic acids is 4. The molecule has 7 fully saturated rings. The number of ether oxygens (including phenoxy) is 4. The van der Waals surface area contributed by atoms with Crippen LogP contribution in [0.1, 0.15) is 90.9 Å². The molecule has 4 heterocycles. The Balaban J connectivity index is 0.883. The summed E-state index contributed by atoms with van der Waals surface area (Å²) in [7, 11) is 0. The Morgan fingerprint density at radius 2 is 1.83 bits per heavy atom. The predicted octanol–water partition coefficient (Wildman–Crippen LogP) is -0.517. The smallest absolute Gasteiger partial charge is 0.331 e. The first-order chi connectivity index (χ1) is 30.0. The average molecular weight is 908 g/mol. The molecule has 8 rings (SSSR count). The van der Waals surface area contributed by atoms with Gasteiger partial charge in [0.25, 0.3) is 5.91 Å². The van der Waals surface area contributed by atoms with Crippen molar-refractivity contribution in [3.8, 4) is 0 Å². The minimum Gasteiger partial charge on any atom is -0.458 e. The maximum Gasteiger partial charge on any atom is 0.331 e. The number of nitrogens with zero attached hydrogens (tertiary/aromatic N) is 1. The molecular weight excluding hydrogens is 843 g/mol. The molecule has 0 aromatic rings. The molecule has 4 saturated carbocycles. The number of rotatable bonds is 15. The van der Waals surface area contributed by atoms with Crippen LogP contribution in [0.25, 0.3) is 0 Å². The van der Waals surface area contributed by atoms with Crippen molar-refractivity contribution >= 4 is 41.8 Å². The van der Waals surface area contributed by atoms with Crippen molar-refractivity contribution in [3.63, 3.8) is 0 Å². The largest absolute Gasteiger partial charge is 0.458 e. The number of fused-ring (bicyclic) bond motifs is 6. The zero-order chi connectivity index (χ0) is 44.9. The normalized spacial score (nSPS) is 45.3. The summed E-state index contributed by atoms with van der Waals surface area (Å²) in [6.45, 7) is 3.52. The number of hydrazone groups is 1. The Labute approximate surface area is 370 Å². The second-order valence-corrected chi connectivity index (χ2v) is 20.7. The van der Waals surface area contributed by atoms with E-state index in [1.165, 1.54) is 6.08 Å². The fraction of sp³-hybridized carbons (Fsp3) is 0.837. The number of esters is 1. The Hall–Kier alpha value is -2.92. The average Bonchev–Trinajstić information content (AvgIpc) is 4.01. The molecule has 3 saturated heterocycles. The monoisotopic (exact) mass is 907 g/mol. The molecule has 352 valence electrons. The number of nitrogens with one attached hydrogen (secondary N) is 4. The molecule has 4 aliphatic carbocycles. The van der Waals surface area contributed by atoms with Crippen molar-refractivity contribution in [2.75, 3.05) is 32.1 Å². The molecule has 4 amide bonds. The number of unbranched alkanes of at least 4 members (excludes halogenated alkanes) is 1. The van der Waals surface area contributed by atoms with Gasteiger partial charge in [0.1, 0.15) is 31.5 Å². The van der Waals surface area contributed by atoms with Gasteiger partial charge in [0.2, 0.25) is 5.91 Å². The molecule has 4 aliphatic heterocycles. The van der Waals surface area contributed by atoms with Crippen LogP contribution in [-0.4, -0.2) is 164 Å². The third kappa shape index (κ3) is 8.55. The van der Waals surface area contributed by atoms with E-state index < -0.39 is 82.7 Å². The first-order valence-electron chi connectivity index (χ1n) is 22.7. The van der Waals surface area contributed by atoms with Crippen LogP contribution in [0.5, 0.6) is 0 Å². The number of amides is 4. The van der Waals surface area contributed by atoms with Gasteiger partial charge < -0.3 is 65.5 Å². The van der Waals surface area contributed by atoms with E-state index in [2.05, 4.69) is 26.5 Å². The van der Waals surface area contributed by atoms with E-state index in [4.69, 9.17) is 18.9 Å². The molecule has 0 aromatic heterocycles. The van der Waals surface area contributed by atoms with Gasteiger partial charge in [0, 0.05) is 53.5 Å². The highest BCUT2D eigenvalue weighted by molar-refractivity contribution is 8.00. The fourth-order valence-electron chi connectivity index (χ4n) is 12.8. The van der Waals surface area contributed by atoms with Gasteiger partial charge in [0.15, 0.2) is 6.29 Å². The van der Waals surface area contributed by atoms with Crippen LogP contribution in [-0.2, 0) is 33.3 Å². The van der Waals surface area contributed by atoms with Gasteiger partial charge in [-0.15, -0.1) is 0 Å². The van der Waals surface area contributed by atoms with Crippen LogP contribution in [0.4, 0.5) is 4.79 Å². The highest BCUT2D eigenvalue weighted by Crippen LogP contribution is 2.70. The van der Waals surface area contributed by atoms with Crippen molar-refractivity contribution in [2.45, 2.75) is 162 Å². The van der Waals surface area contributed by atoms with E-state index in [0.717, 1.165) is 30.6 Å². The van der Waals surface area contributed by atoms with Crippen LogP contribution in [0, 0.1) is 28.6 Å². The van der Waals surface area contributed by atoms with E-state index in [1.807, 2.05) is 18.7 Å². The minimum absolute atomic E-state index is 0.0587. The summed E-state index contributed by atoms with van der Waals surface area (Å²) >= 11 is 1.84. The van der Waals surface area contributed by atoms with E-state index in [1.54, 1.807) is 13.1 Å². The van der Waals surface area contributed by atoms with Gasteiger partial charge in [-0.25, -0.2) is 15.0 Å². The van der Waals surface area contributed by atoms with Crippen molar-refractivity contribution in [2.24, 2.45) is 33.7 Å². The number of aliphatic hydroxyl groups is 6. The number of thioether (sulfide) groups is 1. The maximum atomic E-state index is 13.0. The number of carbonyl (C=O) groups is 4. The highest BCUT2D eigenvalue weighted by Gasteiger charge is 2.73. The Kier molecular flexibility index (Phi) is 13.6. The number of cyclic esters (lactones) is 1. The van der Waals surface area contributed by atoms with Crippen molar-refractivity contribution < 1.29 is 68.8 Å². The number of hydrogen-bond acceptors (Lipinski definition) is 16. The molecule has 0 unspecified atom stereocenters. The zero-order valence-corrected chi connectivity index (χ0v) is 36.8. The fourth-order valence-corrected chi connectivity index (χ4v) is 14.4. The lowest BCUT2D eigenvalue weighted by atomic mass is 9.41. The molecule has 10 N–H and O–H groups in total. The molecule has 0 aromatic carbocycles. The minimum atomic E-state index is -1.53. The SMILES string of the molecule is C[C@H]1O[C@@H](O[C@H]2CC[C@]3(/C=N/NC(=O)COCCNC(=O)CCCC[C@@H]4SC[C@@H]5NC(=O)N[C@@H]54)[C@H]4C[C@@H](O)[C@]5(C)[C@@H](C6=CC(=O)OC6)CC[C@]5(O)[C@@H]4CC[C@]3(O)C2)[C@H](O)[C@H](O)[C@H]1O. The van der Waals surface area contributed by atoms with Gasteiger partial charge in [-0.3, -0.25) is 9.59 Å². The molecule has 8 aliphatic rings. The number of urea groups is 1. The van der Waals surface area contributed by atoms with Crippen LogP contribution in [0.2, 0.25) is 0 Å². The summed E-state index contributed by atoms with van der Waals surface area (Å²) < 4.78 is 22.7. The third-order valence-electron chi connectivity index (χ3n) is 16.2. The predicted molar refractivity (Wildman–Crippen MR) is 225 cm³/mol. The second-order valence-electron chi connectivity index (χ2n) is 19.4. The summed E-state index contributed by atoms with van der Waals surface area (Å²) in [6.07, 6.45) is 0.183. The summed E-state index contributed by atoms with van der Waals surface area (Å²) in [5.41, 5.74) is -1.76. The molecule has 20 heteroatoms. The van der Waals surface area contributed by atoms with Gasteiger partial charge in [-0.2, -0.15) is 16.9 Å². The van der Waals surface area contributed by atoms with Gasteiger partial charge in [-0.1, -0.05) is 13.3 Å². The van der Waals surface area contributed by atoms with E-state index >= 15 is 0 Å². The Morgan fingerprint density at radius 1 is 1.02 bits per heavy atom. The Bertz CT molecular complexity index is 1810. The second kappa shape index (κ2) is 18.4. The van der Waals surface area contributed by atoms with Gasteiger partial charge in [0.05, 0.1) is 48.2 Å². The van der Waals surface area contributed by atoms with Crippen LogP contribution in [0.15, 0.2) is 16.8 Å². The Morgan fingerprint density at radius 3 is 2.60 bits per heavy atom. The molecule has 19 nitrogen and oxygen atoms in total. The molecule has 0 spiro atoms. The summed E-state index contributed by atoms with van der Waals surface area (Å²) in [5, 5.41) is 82.6. The molecule has 0 radical (unpaired) electrons. The van der Waals surface area contributed by atoms with Crippen LogP contribution >= 0.6 is 11.8 Å². The number of aliphatic hydroxyl groups excluding tert-OH is 4. The first-order valence-corrected chi connectivity index (χ1v) is 23.8. The summed E-state index contributed by atoms with van der Waals surface area (Å²) in [6, 6.07) is 0.195. The van der Waals surface area contributed by atoms with Crippen molar-refractivity contribution in [3.05, 3.63) is 11.6 Å². The standard InChI is InChI=1S/C43H65N5O14S/c1-22-35(53)36(54)37(55)38(61-22)62-24-7-10-41(21-45-48-32(51)19-59-14-13-44-31(50)6-4-3-5-29-34-28(20-63-29)46-39(56)47-34)27-16-30(49)40(2)25(23-15-33(52)60-18-23)9-12-43(40,58)26(27)8-11-42(41,57)17-24/h15,21-22,24-30,34-38,49,53-55,57-58H,3-14,16-20H2,1-2H3,(H,44,50)(H,48,51)(H2,46,47,56)/b45-21+/t22-,24+,25-,26-,27+,28+,29+,30-,34+,35+,36-,37-,38+,40+,41+,42+,43+/m1/s1. The van der Waals surface area contributed by atoms with E-state index in [9.17, 15) is 49.8 Å². The molecule has 17 atom stereocenters. The van der Waals surface area contributed by atoms with Crippen molar-refractivity contribution in [1.82, 2.24) is 21.4 Å². The maximum absolute atomic E-state index is 13.0. The highest BCUT2D eigenvalue weighted by atomic mass is 32.2. The van der Waals surface area contributed by atoms with Crippen LogP contribution < -0.4 is 21.4 Å². The first kappa shape index (κ1) is 46.6. The topological polar surface area (TPSA) is 287 Å². The lowest BCUT2D eigenvalue weighted by Crippen LogP contribution is -2.71. The van der Waals surface area contributed by atoms with E-state index in [-0.39, 0.29) is 87.9 Å². The van der Waals surface area contributed by atoms with Gasteiger partial charge >= 0.3 is 12.0 Å². The zero-order valence-electron chi connectivity index (χ0n) is 36.0. The third-order valence-corrected chi connectivity index (χ3v) is 17.7. The number of hydrogen-bond donors (Lipinski definition) is 10. The van der Waals surface area contributed by atoms with Gasteiger partial charge in [-0.05, 0) is 88.0 Å². The quantitative estimate of drug-likeness (QED) is 0.0247. The summed E-state index contributed by atoms with van der Waals surface area (Å²) in [5.74, 6) is -1.39. The lowest BCUT2D eigenvalue weighted by molar-refractivity contribution is -0.317. The molecule has 63 heavy (non-hydrogen) atoms. The van der Waals surface area contributed by atoms with Crippen molar-refractivity contribution in [1.29, 1.82) is 0 Å². The lowest BCUT2D eigenvalue weighted by Gasteiger charge is -2.66.